The number of aromatic hydroxyl groups is 1. The van der Waals surface area contributed by atoms with Gasteiger partial charge in [-0.1, -0.05) is 35.5 Å². The number of aromatic nitrogens is 3. The Bertz CT molecular complexity index is 1380. The molecule has 0 aliphatic carbocycles. The zero-order valence-electron chi connectivity index (χ0n) is 18.3. The Morgan fingerprint density at radius 3 is 2.47 bits per heavy atom. The maximum Gasteiger partial charge on any atom is 0.341 e. The molecule has 0 atom stereocenters. The maximum atomic E-state index is 13.1. The van der Waals surface area contributed by atoms with Gasteiger partial charge in [0.2, 0.25) is 11.5 Å². The number of carbonyl (C=O) groups is 2. The van der Waals surface area contributed by atoms with Crippen molar-refractivity contribution in [2.24, 2.45) is 0 Å². The van der Waals surface area contributed by atoms with Crippen LogP contribution in [-0.2, 0) is 14.3 Å². The van der Waals surface area contributed by atoms with E-state index in [1.54, 1.807) is 42.5 Å². The summed E-state index contributed by atoms with van der Waals surface area (Å²) in [6, 6.07) is 14.8. The molecular formula is C25H19N3O6. The fourth-order valence-electron chi connectivity index (χ4n) is 3.42. The summed E-state index contributed by atoms with van der Waals surface area (Å²) in [6.07, 6.45) is 4.16. The van der Waals surface area contributed by atoms with Crippen molar-refractivity contribution < 1.29 is 28.7 Å². The lowest BCUT2D eigenvalue weighted by Gasteiger charge is -2.09. The highest BCUT2D eigenvalue weighted by Gasteiger charge is 2.24. The first kappa shape index (κ1) is 22.4. The van der Waals surface area contributed by atoms with Crippen LogP contribution in [0.1, 0.15) is 21.7 Å². The van der Waals surface area contributed by atoms with Gasteiger partial charge in [-0.15, -0.1) is 0 Å². The summed E-state index contributed by atoms with van der Waals surface area (Å²) < 4.78 is 15.2. The number of ketones is 1. The fourth-order valence-corrected chi connectivity index (χ4v) is 3.42. The first-order chi connectivity index (χ1) is 16.5. The lowest BCUT2D eigenvalue weighted by Crippen LogP contribution is -2.05. The molecule has 4 rings (SSSR count). The van der Waals surface area contributed by atoms with Gasteiger partial charge in [0.05, 0.1) is 31.7 Å². The topological polar surface area (TPSA) is 125 Å². The summed E-state index contributed by atoms with van der Waals surface area (Å²) in [7, 11) is 2.68. The smallest absolute Gasteiger partial charge is 0.341 e. The van der Waals surface area contributed by atoms with E-state index < -0.39 is 11.8 Å². The molecule has 4 aromatic rings. The van der Waals surface area contributed by atoms with Gasteiger partial charge in [0, 0.05) is 29.0 Å². The highest BCUT2D eigenvalue weighted by molar-refractivity contribution is 6.18. The lowest BCUT2D eigenvalue weighted by atomic mass is 9.97. The Morgan fingerprint density at radius 2 is 1.74 bits per heavy atom. The third kappa shape index (κ3) is 4.26. The van der Waals surface area contributed by atoms with Crippen molar-refractivity contribution >= 4 is 17.3 Å². The minimum absolute atomic E-state index is 0.0293. The predicted octanol–water partition coefficient (Wildman–Crippen LogP) is 3.90. The molecule has 0 unspecified atom stereocenters. The van der Waals surface area contributed by atoms with E-state index >= 15 is 0 Å². The van der Waals surface area contributed by atoms with E-state index in [2.05, 4.69) is 15.1 Å². The van der Waals surface area contributed by atoms with Gasteiger partial charge in [-0.05, 0) is 18.2 Å². The van der Waals surface area contributed by atoms with E-state index in [0.717, 1.165) is 0 Å². The molecule has 34 heavy (non-hydrogen) atoms. The molecule has 0 radical (unpaired) electrons. The molecule has 1 N–H and O–H groups in total. The molecule has 9 nitrogen and oxygen atoms in total. The van der Waals surface area contributed by atoms with Gasteiger partial charge in [-0.25, -0.2) is 14.8 Å². The van der Waals surface area contributed by atoms with E-state index in [-0.39, 0.29) is 22.6 Å². The minimum Gasteiger partial charge on any atom is -0.506 e. The Balaban J connectivity index is 1.72. The van der Waals surface area contributed by atoms with Crippen molar-refractivity contribution in [1.82, 2.24) is 15.1 Å². The molecular weight excluding hydrogens is 438 g/mol. The zero-order valence-corrected chi connectivity index (χ0v) is 18.3. The number of phenolic OH excluding ortho intramolecular Hbond substituents is 1. The molecule has 0 aliphatic rings. The second kappa shape index (κ2) is 9.78. The van der Waals surface area contributed by atoms with Gasteiger partial charge >= 0.3 is 5.97 Å². The molecule has 0 fully saturated rings. The van der Waals surface area contributed by atoms with Gasteiger partial charge in [0.1, 0.15) is 23.3 Å². The largest absolute Gasteiger partial charge is 0.506 e. The van der Waals surface area contributed by atoms with Crippen molar-refractivity contribution in [3.63, 3.8) is 0 Å². The standard InChI is InChI=1S/C25H19N3O6/c1-32-13-19(25(31)33-2)15-6-3-4-7-16(15)21-12-22(34-28-21)24(30)18-9-5-8-17(23(18)29)20-10-11-26-14-27-20/h3-14,29H,1-2H3/b19-13-. The summed E-state index contributed by atoms with van der Waals surface area (Å²) in [5, 5.41) is 14.8. The average molecular weight is 457 g/mol. The van der Waals surface area contributed by atoms with E-state index in [9.17, 15) is 14.7 Å². The van der Waals surface area contributed by atoms with Gasteiger partial charge in [0.15, 0.2) is 0 Å². The third-order valence-corrected chi connectivity index (χ3v) is 5.01. The van der Waals surface area contributed by atoms with Crippen LogP contribution in [0.2, 0.25) is 0 Å². The van der Waals surface area contributed by atoms with E-state index in [1.807, 2.05) is 0 Å². The monoisotopic (exact) mass is 457 g/mol. The van der Waals surface area contributed by atoms with Crippen molar-refractivity contribution in [3.8, 4) is 28.3 Å². The number of benzene rings is 2. The number of carbonyl (C=O) groups excluding carboxylic acids is 2. The molecule has 2 aromatic heterocycles. The quantitative estimate of drug-likeness (QED) is 0.190. The van der Waals surface area contributed by atoms with Crippen LogP contribution >= 0.6 is 0 Å². The van der Waals surface area contributed by atoms with Crippen molar-refractivity contribution in [3.05, 3.63) is 90.3 Å². The number of para-hydroxylation sites is 1. The van der Waals surface area contributed by atoms with Crippen LogP contribution in [0.25, 0.3) is 28.1 Å². The number of phenols is 1. The molecule has 2 heterocycles. The molecule has 0 saturated carbocycles. The van der Waals surface area contributed by atoms with Crippen LogP contribution in [0.4, 0.5) is 0 Å². The molecule has 0 saturated heterocycles. The molecule has 0 bridgehead atoms. The highest BCUT2D eigenvalue weighted by Crippen LogP contribution is 2.34. The second-order valence-corrected chi connectivity index (χ2v) is 7.01. The zero-order chi connectivity index (χ0) is 24.1. The third-order valence-electron chi connectivity index (χ3n) is 5.01. The molecule has 170 valence electrons. The normalized spacial score (nSPS) is 11.2. The Hall–Kier alpha value is -4.79. The lowest BCUT2D eigenvalue weighted by molar-refractivity contribution is -0.133. The molecule has 0 spiro atoms. The van der Waals surface area contributed by atoms with Crippen LogP contribution in [0, 0.1) is 0 Å². The summed E-state index contributed by atoms with van der Waals surface area (Å²) in [5.74, 6) is -1.48. The number of ether oxygens (including phenoxy) is 2. The first-order valence-corrected chi connectivity index (χ1v) is 10.1. The average Bonchev–Trinajstić information content (AvgIpc) is 3.37. The highest BCUT2D eigenvalue weighted by atomic mass is 16.5. The SMILES string of the molecule is CO/C=C(\C(=O)OC)c1ccccc1-c1cc(C(=O)c2cccc(-c3ccncn3)c2O)on1. The predicted molar refractivity (Wildman–Crippen MR) is 122 cm³/mol. The van der Waals surface area contributed by atoms with E-state index in [0.29, 0.717) is 28.1 Å². The Kier molecular flexibility index (Phi) is 6.45. The molecule has 0 amide bonds. The van der Waals surface area contributed by atoms with Gasteiger partial charge in [0.25, 0.3) is 0 Å². The second-order valence-electron chi connectivity index (χ2n) is 7.01. The van der Waals surface area contributed by atoms with Gasteiger partial charge in [-0.3, -0.25) is 4.79 Å². The van der Waals surface area contributed by atoms with Gasteiger partial charge in [-0.2, -0.15) is 0 Å². The number of esters is 1. The van der Waals surface area contributed by atoms with Crippen molar-refractivity contribution in [2.75, 3.05) is 14.2 Å². The van der Waals surface area contributed by atoms with Crippen LogP contribution < -0.4 is 0 Å². The number of rotatable bonds is 7. The summed E-state index contributed by atoms with van der Waals surface area (Å²) >= 11 is 0. The Morgan fingerprint density at radius 1 is 0.971 bits per heavy atom. The summed E-state index contributed by atoms with van der Waals surface area (Å²) in [6.45, 7) is 0. The number of methoxy groups -OCH3 is 2. The van der Waals surface area contributed by atoms with Crippen LogP contribution in [0.15, 0.2) is 77.9 Å². The van der Waals surface area contributed by atoms with E-state index in [4.69, 9.17) is 14.0 Å². The van der Waals surface area contributed by atoms with Gasteiger partial charge < -0.3 is 19.1 Å². The minimum atomic E-state index is -0.597. The molecule has 0 aliphatic heterocycles. The first-order valence-electron chi connectivity index (χ1n) is 10.1. The number of hydrogen-bond donors (Lipinski definition) is 1. The summed E-state index contributed by atoms with van der Waals surface area (Å²) in [4.78, 5) is 33.4. The Labute approximate surface area is 194 Å². The maximum absolute atomic E-state index is 13.1. The number of hydrogen-bond acceptors (Lipinski definition) is 9. The molecule has 2 aromatic carbocycles. The fraction of sp³-hybridized carbons (Fsp3) is 0.0800. The number of nitrogens with zero attached hydrogens (tertiary/aromatic N) is 3. The van der Waals surface area contributed by atoms with E-state index in [1.165, 1.54) is 45.1 Å². The van der Waals surface area contributed by atoms with Crippen LogP contribution in [0.3, 0.4) is 0 Å². The summed E-state index contributed by atoms with van der Waals surface area (Å²) in [5.41, 5.74) is 2.38. The van der Waals surface area contributed by atoms with Crippen LogP contribution in [0.5, 0.6) is 5.75 Å². The van der Waals surface area contributed by atoms with Crippen molar-refractivity contribution in [1.29, 1.82) is 0 Å². The van der Waals surface area contributed by atoms with Crippen LogP contribution in [-0.4, -0.2) is 46.2 Å². The van der Waals surface area contributed by atoms with Crippen molar-refractivity contribution in [2.45, 2.75) is 0 Å². The molecule has 9 heteroatoms.